The molecule has 0 aromatic heterocycles. The fraction of sp³-hybridized carbons (Fsp3) is 0.190. The zero-order valence-corrected chi connectivity index (χ0v) is 17.3. The molecule has 0 saturated heterocycles. The predicted molar refractivity (Wildman–Crippen MR) is 117 cm³/mol. The second-order valence-electron chi connectivity index (χ2n) is 5.80. The van der Waals surface area contributed by atoms with Crippen molar-refractivity contribution in [2.45, 2.75) is 6.92 Å². The average Bonchev–Trinajstić information content (AvgIpc) is 2.72. The maximum absolute atomic E-state index is 12.2. The van der Waals surface area contributed by atoms with Crippen LogP contribution in [0.3, 0.4) is 0 Å². The third-order valence-electron chi connectivity index (χ3n) is 3.83. The molecule has 29 heavy (non-hydrogen) atoms. The summed E-state index contributed by atoms with van der Waals surface area (Å²) < 4.78 is 10.4. The lowest BCUT2D eigenvalue weighted by Crippen LogP contribution is -2.34. The summed E-state index contributed by atoms with van der Waals surface area (Å²) in [5.74, 6) is 0.533. The molecular weight excluding hydrogens is 390 g/mol. The van der Waals surface area contributed by atoms with Gasteiger partial charge < -0.3 is 20.1 Å². The molecule has 2 rings (SSSR count). The first-order chi connectivity index (χ1) is 14.0. The van der Waals surface area contributed by atoms with Gasteiger partial charge in [-0.3, -0.25) is 14.9 Å². The summed E-state index contributed by atoms with van der Waals surface area (Å²) in [4.78, 5) is 24.3. The van der Waals surface area contributed by atoms with Crippen LogP contribution in [0.25, 0.3) is 6.08 Å². The number of hydrogen-bond donors (Lipinski definition) is 3. The van der Waals surface area contributed by atoms with Crippen LogP contribution in [0, 0.1) is 0 Å². The van der Waals surface area contributed by atoms with Gasteiger partial charge in [-0.1, -0.05) is 18.2 Å². The van der Waals surface area contributed by atoms with E-state index in [9.17, 15) is 9.59 Å². The van der Waals surface area contributed by atoms with Gasteiger partial charge in [0.2, 0.25) is 5.91 Å². The Labute approximate surface area is 175 Å². The molecule has 0 atom stereocenters. The van der Waals surface area contributed by atoms with Crippen molar-refractivity contribution in [3.05, 3.63) is 59.7 Å². The van der Waals surface area contributed by atoms with Crippen molar-refractivity contribution >= 4 is 40.9 Å². The molecule has 0 aliphatic rings. The molecule has 0 saturated carbocycles. The minimum Gasteiger partial charge on any atom is -0.493 e. The Morgan fingerprint density at radius 1 is 1.07 bits per heavy atom. The van der Waals surface area contributed by atoms with Crippen LogP contribution in [0.5, 0.6) is 11.5 Å². The van der Waals surface area contributed by atoms with E-state index in [0.717, 1.165) is 5.56 Å². The second kappa shape index (κ2) is 10.8. The largest absolute Gasteiger partial charge is 0.493 e. The Morgan fingerprint density at radius 3 is 2.48 bits per heavy atom. The van der Waals surface area contributed by atoms with Gasteiger partial charge in [0, 0.05) is 12.6 Å². The van der Waals surface area contributed by atoms with E-state index in [1.165, 1.54) is 6.08 Å². The molecule has 2 aromatic rings. The van der Waals surface area contributed by atoms with Gasteiger partial charge in [0.15, 0.2) is 16.6 Å². The van der Waals surface area contributed by atoms with Crippen LogP contribution in [-0.2, 0) is 4.79 Å². The number of ether oxygens (including phenoxy) is 2. The molecule has 8 heteroatoms. The predicted octanol–water partition coefficient (Wildman–Crippen LogP) is 2.98. The van der Waals surface area contributed by atoms with Crippen molar-refractivity contribution < 1.29 is 19.1 Å². The van der Waals surface area contributed by atoms with Gasteiger partial charge in [-0.2, -0.15) is 0 Å². The monoisotopic (exact) mass is 413 g/mol. The van der Waals surface area contributed by atoms with Crippen LogP contribution >= 0.6 is 12.2 Å². The summed E-state index contributed by atoms with van der Waals surface area (Å²) in [6.45, 7) is 2.35. The molecule has 7 nitrogen and oxygen atoms in total. The summed E-state index contributed by atoms with van der Waals surface area (Å²) in [6, 6.07) is 12.2. The summed E-state index contributed by atoms with van der Waals surface area (Å²) >= 11 is 5.18. The summed E-state index contributed by atoms with van der Waals surface area (Å²) in [5, 5.41) is 8.25. The van der Waals surface area contributed by atoms with Gasteiger partial charge in [0.05, 0.1) is 25.5 Å². The van der Waals surface area contributed by atoms with Gasteiger partial charge in [-0.05, 0) is 55.0 Å². The Hall–Kier alpha value is -3.39. The Balaban J connectivity index is 2.01. The Bertz CT molecular complexity index is 928. The first-order valence-electron chi connectivity index (χ1n) is 8.87. The normalized spacial score (nSPS) is 10.3. The first-order valence-corrected chi connectivity index (χ1v) is 9.28. The number of hydrogen-bond acceptors (Lipinski definition) is 5. The second-order valence-corrected chi connectivity index (χ2v) is 6.20. The van der Waals surface area contributed by atoms with Crippen LogP contribution in [0.1, 0.15) is 22.8 Å². The number of para-hydroxylation sites is 1. The lowest BCUT2D eigenvalue weighted by atomic mass is 10.1. The standard InChI is InChI=1S/C21H23N3O4S/c1-4-22-20(26)15-7-5-6-8-16(15)23-21(29)24-19(25)12-10-14-9-11-17(27-2)18(13-14)28-3/h5-13H,4H2,1-3H3,(H,22,26)(H2,23,24,25,29)/b12-10+. The van der Waals surface area contributed by atoms with Gasteiger partial charge in [-0.25, -0.2) is 0 Å². The summed E-state index contributed by atoms with van der Waals surface area (Å²) in [5.41, 5.74) is 1.71. The number of benzene rings is 2. The lowest BCUT2D eigenvalue weighted by Gasteiger charge is -2.12. The lowest BCUT2D eigenvalue weighted by molar-refractivity contribution is -0.115. The zero-order chi connectivity index (χ0) is 21.2. The average molecular weight is 413 g/mol. The number of thiocarbonyl (C=S) groups is 1. The van der Waals surface area contributed by atoms with Crippen molar-refractivity contribution in [3.63, 3.8) is 0 Å². The molecule has 0 heterocycles. The highest BCUT2D eigenvalue weighted by Gasteiger charge is 2.11. The SMILES string of the molecule is CCNC(=O)c1ccccc1NC(=S)NC(=O)/C=C/c1ccc(OC)c(OC)c1. The molecular formula is C21H23N3O4S. The van der Waals surface area contributed by atoms with Crippen molar-refractivity contribution in [1.29, 1.82) is 0 Å². The molecule has 3 N–H and O–H groups in total. The molecule has 152 valence electrons. The molecule has 0 fully saturated rings. The van der Waals surface area contributed by atoms with E-state index in [-0.39, 0.29) is 11.0 Å². The van der Waals surface area contributed by atoms with E-state index in [1.54, 1.807) is 62.8 Å². The topological polar surface area (TPSA) is 88.7 Å². The number of amides is 2. The molecule has 0 aliphatic heterocycles. The van der Waals surface area contributed by atoms with Crippen molar-refractivity contribution in [2.24, 2.45) is 0 Å². The fourth-order valence-corrected chi connectivity index (χ4v) is 2.69. The number of anilines is 1. The van der Waals surface area contributed by atoms with Gasteiger partial charge in [0.25, 0.3) is 5.91 Å². The molecule has 0 aliphatic carbocycles. The maximum Gasteiger partial charge on any atom is 0.253 e. The van der Waals surface area contributed by atoms with Crippen molar-refractivity contribution in [2.75, 3.05) is 26.1 Å². The molecule has 0 radical (unpaired) electrons. The van der Waals surface area contributed by atoms with E-state index in [1.807, 2.05) is 6.92 Å². The summed E-state index contributed by atoms with van der Waals surface area (Å²) in [7, 11) is 3.10. The number of methoxy groups -OCH3 is 2. The van der Waals surface area contributed by atoms with E-state index in [0.29, 0.717) is 29.3 Å². The van der Waals surface area contributed by atoms with Crippen LogP contribution < -0.4 is 25.4 Å². The summed E-state index contributed by atoms with van der Waals surface area (Å²) in [6.07, 6.45) is 2.98. The number of carbonyl (C=O) groups is 2. The highest BCUT2D eigenvalue weighted by Crippen LogP contribution is 2.27. The van der Waals surface area contributed by atoms with E-state index in [2.05, 4.69) is 16.0 Å². The first kappa shape index (κ1) is 21.9. The van der Waals surface area contributed by atoms with Crippen LogP contribution in [0.2, 0.25) is 0 Å². The van der Waals surface area contributed by atoms with E-state index < -0.39 is 5.91 Å². The highest BCUT2D eigenvalue weighted by molar-refractivity contribution is 7.80. The van der Waals surface area contributed by atoms with Gasteiger partial charge in [-0.15, -0.1) is 0 Å². The van der Waals surface area contributed by atoms with E-state index >= 15 is 0 Å². The zero-order valence-electron chi connectivity index (χ0n) is 16.4. The number of nitrogens with one attached hydrogen (secondary N) is 3. The molecule has 0 unspecified atom stereocenters. The third-order valence-corrected chi connectivity index (χ3v) is 4.03. The number of carbonyl (C=O) groups excluding carboxylic acids is 2. The van der Waals surface area contributed by atoms with Crippen molar-refractivity contribution in [3.8, 4) is 11.5 Å². The Morgan fingerprint density at radius 2 is 1.79 bits per heavy atom. The quantitative estimate of drug-likeness (QED) is 0.478. The fourth-order valence-electron chi connectivity index (χ4n) is 2.48. The smallest absolute Gasteiger partial charge is 0.253 e. The number of rotatable bonds is 7. The van der Waals surface area contributed by atoms with Gasteiger partial charge >= 0.3 is 0 Å². The van der Waals surface area contributed by atoms with Crippen molar-refractivity contribution in [1.82, 2.24) is 10.6 Å². The van der Waals surface area contributed by atoms with Crippen LogP contribution in [-0.4, -0.2) is 37.7 Å². The van der Waals surface area contributed by atoms with E-state index in [4.69, 9.17) is 21.7 Å². The minimum atomic E-state index is -0.409. The Kier molecular flexibility index (Phi) is 8.17. The van der Waals surface area contributed by atoms with Crippen LogP contribution in [0.4, 0.5) is 5.69 Å². The minimum absolute atomic E-state index is 0.0868. The molecule has 2 amide bonds. The van der Waals surface area contributed by atoms with Gasteiger partial charge in [0.1, 0.15) is 0 Å². The molecule has 2 aromatic carbocycles. The van der Waals surface area contributed by atoms with Crippen LogP contribution in [0.15, 0.2) is 48.5 Å². The maximum atomic E-state index is 12.2. The third kappa shape index (κ3) is 6.32. The molecule has 0 bridgehead atoms. The highest BCUT2D eigenvalue weighted by atomic mass is 32.1. The molecule has 0 spiro atoms.